The zero-order valence-electron chi connectivity index (χ0n) is 16.2. The summed E-state index contributed by atoms with van der Waals surface area (Å²) >= 11 is 0. The Labute approximate surface area is 163 Å². The van der Waals surface area contributed by atoms with Gasteiger partial charge in [-0.2, -0.15) is 0 Å². The van der Waals surface area contributed by atoms with Gasteiger partial charge in [0.15, 0.2) is 24.7 Å². The lowest BCUT2D eigenvalue weighted by atomic mass is 10.1. The molecule has 1 amide bonds. The average Bonchev–Trinajstić information content (AvgIpc) is 2.65. The van der Waals surface area contributed by atoms with Gasteiger partial charge in [0.1, 0.15) is 19.0 Å². The van der Waals surface area contributed by atoms with Crippen molar-refractivity contribution in [3.05, 3.63) is 47.0 Å². The Bertz CT molecular complexity index is 869. The lowest BCUT2D eigenvalue weighted by molar-refractivity contribution is -0.149. The highest BCUT2D eigenvalue weighted by Gasteiger charge is 2.14. The van der Waals surface area contributed by atoms with Crippen molar-refractivity contribution in [2.24, 2.45) is 0 Å². The van der Waals surface area contributed by atoms with Gasteiger partial charge in [-0.1, -0.05) is 17.7 Å². The molecular formula is C21H23NO6. The number of ether oxygens (including phenoxy) is 4. The Morgan fingerprint density at radius 3 is 2.36 bits per heavy atom. The van der Waals surface area contributed by atoms with Gasteiger partial charge in [-0.05, 0) is 44.0 Å². The van der Waals surface area contributed by atoms with Crippen LogP contribution in [0.1, 0.15) is 16.7 Å². The van der Waals surface area contributed by atoms with Gasteiger partial charge in [0.25, 0.3) is 5.91 Å². The normalized spacial score (nSPS) is 12.2. The van der Waals surface area contributed by atoms with Gasteiger partial charge in [-0.15, -0.1) is 0 Å². The topological polar surface area (TPSA) is 83.1 Å². The molecule has 1 heterocycles. The summed E-state index contributed by atoms with van der Waals surface area (Å²) in [5.41, 5.74) is 3.55. The summed E-state index contributed by atoms with van der Waals surface area (Å²) in [6.45, 7) is 6.13. The van der Waals surface area contributed by atoms with Crippen LogP contribution in [0.4, 0.5) is 5.69 Å². The first-order valence-corrected chi connectivity index (χ1v) is 8.98. The second kappa shape index (κ2) is 8.65. The minimum Gasteiger partial charge on any atom is -0.486 e. The monoisotopic (exact) mass is 385 g/mol. The summed E-state index contributed by atoms with van der Waals surface area (Å²) in [7, 11) is 0. The molecule has 0 radical (unpaired) electrons. The number of hydrogen-bond donors (Lipinski definition) is 1. The number of nitrogens with one attached hydrogen (secondary N) is 1. The first-order chi connectivity index (χ1) is 13.4. The van der Waals surface area contributed by atoms with Crippen LogP contribution in [0.3, 0.4) is 0 Å². The predicted octanol–water partition coefficient (Wildman–Crippen LogP) is 2.94. The second-order valence-electron chi connectivity index (χ2n) is 6.58. The highest BCUT2D eigenvalue weighted by atomic mass is 16.6. The van der Waals surface area contributed by atoms with Gasteiger partial charge in [-0.25, -0.2) is 4.79 Å². The number of carbonyl (C=O) groups excluding carboxylic acids is 2. The first-order valence-electron chi connectivity index (χ1n) is 8.98. The van der Waals surface area contributed by atoms with Crippen LogP contribution >= 0.6 is 0 Å². The van der Waals surface area contributed by atoms with Gasteiger partial charge in [0.2, 0.25) is 0 Å². The van der Waals surface area contributed by atoms with Gasteiger partial charge >= 0.3 is 5.97 Å². The Morgan fingerprint density at radius 2 is 1.64 bits per heavy atom. The summed E-state index contributed by atoms with van der Waals surface area (Å²) < 4.78 is 21.4. The van der Waals surface area contributed by atoms with Crippen LogP contribution in [-0.2, 0) is 14.3 Å². The van der Waals surface area contributed by atoms with Gasteiger partial charge in [-0.3, -0.25) is 4.79 Å². The van der Waals surface area contributed by atoms with E-state index in [1.165, 1.54) is 0 Å². The summed E-state index contributed by atoms with van der Waals surface area (Å²) in [4.78, 5) is 23.9. The molecule has 1 aliphatic heterocycles. The fourth-order valence-electron chi connectivity index (χ4n) is 3.03. The summed E-state index contributed by atoms with van der Waals surface area (Å²) in [6.07, 6.45) is 0. The van der Waals surface area contributed by atoms with Crippen molar-refractivity contribution in [1.29, 1.82) is 0 Å². The van der Waals surface area contributed by atoms with Crippen molar-refractivity contribution in [2.45, 2.75) is 20.8 Å². The number of fused-ring (bicyclic) bond motifs is 1. The molecular weight excluding hydrogens is 362 g/mol. The number of hydrogen-bond acceptors (Lipinski definition) is 6. The largest absolute Gasteiger partial charge is 0.486 e. The number of aryl methyl sites for hydroxylation is 3. The molecule has 2 aromatic rings. The number of amides is 1. The molecule has 0 aliphatic carbocycles. The predicted molar refractivity (Wildman–Crippen MR) is 103 cm³/mol. The molecule has 0 aromatic heterocycles. The lowest BCUT2D eigenvalue weighted by Gasteiger charge is -2.19. The third-order valence-electron chi connectivity index (χ3n) is 4.13. The van der Waals surface area contributed by atoms with E-state index in [9.17, 15) is 9.59 Å². The van der Waals surface area contributed by atoms with Gasteiger partial charge < -0.3 is 24.3 Å². The van der Waals surface area contributed by atoms with Crippen molar-refractivity contribution in [3.8, 4) is 17.2 Å². The fourth-order valence-corrected chi connectivity index (χ4v) is 3.03. The number of carbonyl (C=O) groups is 2. The van der Waals surface area contributed by atoms with Crippen LogP contribution < -0.4 is 19.5 Å². The molecule has 0 saturated carbocycles. The Kier molecular flexibility index (Phi) is 6.03. The first kappa shape index (κ1) is 19.5. The molecule has 148 valence electrons. The molecule has 2 aromatic carbocycles. The molecule has 1 N–H and O–H groups in total. The van der Waals surface area contributed by atoms with Crippen molar-refractivity contribution < 1.29 is 28.5 Å². The zero-order chi connectivity index (χ0) is 20.1. The smallest absolute Gasteiger partial charge is 0.344 e. The van der Waals surface area contributed by atoms with Crippen LogP contribution in [0, 0.1) is 20.8 Å². The van der Waals surface area contributed by atoms with Crippen LogP contribution in [0.25, 0.3) is 0 Å². The van der Waals surface area contributed by atoms with Crippen LogP contribution in [0.15, 0.2) is 30.3 Å². The van der Waals surface area contributed by atoms with Crippen molar-refractivity contribution >= 4 is 17.6 Å². The Balaban J connectivity index is 1.46. The molecule has 0 saturated heterocycles. The molecule has 28 heavy (non-hydrogen) atoms. The van der Waals surface area contributed by atoms with E-state index in [1.54, 1.807) is 18.2 Å². The highest BCUT2D eigenvalue weighted by Crippen LogP contribution is 2.32. The number of esters is 1. The van der Waals surface area contributed by atoms with Gasteiger partial charge in [0, 0.05) is 11.8 Å². The van der Waals surface area contributed by atoms with Crippen molar-refractivity contribution in [1.82, 2.24) is 0 Å². The maximum Gasteiger partial charge on any atom is 0.344 e. The quantitative estimate of drug-likeness (QED) is 0.770. The van der Waals surface area contributed by atoms with Crippen LogP contribution in [0.2, 0.25) is 0 Å². The SMILES string of the molecule is Cc1cc(C)c(OCC(=O)OCC(=O)Nc2ccc3c(c2)OCCO3)c(C)c1. The van der Waals surface area contributed by atoms with E-state index >= 15 is 0 Å². The highest BCUT2D eigenvalue weighted by molar-refractivity contribution is 5.93. The number of benzene rings is 2. The van der Waals surface area contributed by atoms with E-state index in [0.717, 1.165) is 16.7 Å². The minimum atomic E-state index is -0.614. The van der Waals surface area contributed by atoms with Gasteiger partial charge in [0.05, 0.1) is 0 Å². The third kappa shape index (κ3) is 4.94. The standard InChI is InChI=1S/C21H23NO6/c1-13-8-14(2)21(15(3)9-13)28-12-20(24)27-11-19(23)22-16-4-5-17-18(10-16)26-7-6-25-17/h4-5,8-10H,6-7,11-12H2,1-3H3,(H,22,23). The van der Waals surface area contributed by atoms with E-state index in [0.29, 0.717) is 36.1 Å². The lowest BCUT2D eigenvalue weighted by Crippen LogP contribution is -2.24. The average molecular weight is 385 g/mol. The summed E-state index contributed by atoms with van der Waals surface area (Å²) in [5.74, 6) is 0.792. The van der Waals surface area contributed by atoms with E-state index in [-0.39, 0.29) is 6.61 Å². The Hall–Kier alpha value is -3.22. The van der Waals surface area contributed by atoms with Crippen molar-refractivity contribution in [3.63, 3.8) is 0 Å². The molecule has 0 unspecified atom stereocenters. The van der Waals surface area contributed by atoms with Crippen molar-refractivity contribution in [2.75, 3.05) is 31.7 Å². The van der Waals surface area contributed by atoms with Crippen LogP contribution in [-0.4, -0.2) is 38.3 Å². The molecule has 0 fully saturated rings. The number of anilines is 1. The van der Waals surface area contributed by atoms with E-state index in [4.69, 9.17) is 18.9 Å². The molecule has 1 aliphatic rings. The molecule has 7 nitrogen and oxygen atoms in total. The van der Waals surface area contributed by atoms with E-state index < -0.39 is 18.5 Å². The fraction of sp³-hybridized carbons (Fsp3) is 0.333. The number of rotatable bonds is 6. The molecule has 3 rings (SSSR count). The minimum absolute atomic E-state index is 0.262. The summed E-state index contributed by atoms with van der Waals surface area (Å²) in [6, 6.07) is 9.04. The second-order valence-corrected chi connectivity index (χ2v) is 6.58. The maximum atomic E-state index is 12.0. The third-order valence-corrected chi connectivity index (χ3v) is 4.13. The van der Waals surface area contributed by atoms with E-state index in [2.05, 4.69) is 5.32 Å². The molecule has 0 spiro atoms. The maximum absolute atomic E-state index is 12.0. The van der Waals surface area contributed by atoms with Crippen LogP contribution in [0.5, 0.6) is 17.2 Å². The Morgan fingerprint density at radius 1 is 0.964 bits per heavy atom. The zero-order valence-corrected chi connectivity index (χ0v) is 16.2. The molecule has 7 heteroatoms. The molecule has 0 bridgehead atoms. The summed E-state index contributed by atoms with van der Waals surface area (Å²) in [5, 5.41) is 2.65. The molecule has 0 atom stereocenters. The van der Waals surface area contributed by atoms with E-state index in [1.807, 2.05) is 32.9 Å².